The van der Waals surface area contributed by atoms with Crippen molar-refractivity contribution in [3.05, 3.63) is 58.6 Å². The van der Waals surface area contributed by atoms with Gasteiger partial charge in [-0.15, -0.1) is 0 Å². The van der Waals surface area contributed by atoms with E-state index >= 15 is 0 Å². The van der Waals surface area contributed by atoms with Gasteiger partial charge in [0.05, 0.1) is 5.02 Å². The van der Waals surface area contributed by atoms with Crippen LogP contribution in [0.3, 0.4) is 0 Å². The minimum absolute atomic E-state index is 0.0889. The average molecular weight is 249 g/mol. The highest BCUT2D eigenvalue weighted by molar-refractivity contribution is 6.32. The summed E-state index contributed by atoms with van der Waals surface area (Å²) in [5.41, 5.74) is 2.08. The van der Waals surface area contributed by atoms with E-state index in [-0.39, 0.29) is 5.75 Å². The van der Waals surface area contributed by atoms with Crippen LogP contribution < -0.4 is 4.74 Å². The Morgan fingerprint density at radius 2 is 2.00 bits per heavy atom. The second-order valence-corrected chi connectivity index (χ2v) is 4.30. The lowest BCUT2D eigenvalue weighted by molar-refractivity contribution is 0.306. The SMILES string of the molecule is Cc1cccc(OCc2ccc(O)c(Cl)c2)c1. The zero-order valence-corrected chi connectivity index (χ0v) is 10.2. The maximum Gasteiger partial charge on any atom is 0.134 e. The fourth-order valence-corrected chi connectivity index (χ4v) is 1.72. The lowest BCUT2D eigenvalue weighted by Gasteiger charge is -2.07. The zero-order valence-electron chi connectivity index (χ0n) is 9.48. The summed E-state index contributed by atoms with van der Waals surface area (Å²) >= 11 is 5.82. The van der Waals surface area contributed by atoms with Crippen molar-refractivity contribution in [2.45, 2.75) is 13.5 Å². The average Bonchev–Trinajstić information content (AvgIpc) is 2.31. The lowest BCUT2D eigenvalue weighted by Crippen LogP contribution is -1.95. The van der Waals surface area contributed by atoms with Crippen molar-refractivity contribution in [1.82, 2.24) is 0 Å². The Morgan fingerprint density at radius 3 is 2.71 bits per heavy atom. The first kappa shape index (κ1) is 11.8. The summed E-state index contributed by atoms with van der Waals surface area (Å²) in [4.78, 5) is 0. The van der Waals surface area contributed by atoms with Gasteiger partial charge < -0.3 is 9.84 Å². The molecule has 0 radical (unpaired) electrons. The summed E-state index contributed by atoms with van der Waals surface area (Å²) in [6.45, 7) is 2.45. The Morgan fingerprint density at radius 1 is 1.18 bits per heavy atom. The number of aryl methyl sites for hydroxylation is 1. The molecule has 2 aromatic rings. The summed E-state index contributed by atoms with van der Waals surface area (Å²) in [5.74, 6) is 0.917. The molecule has 0 aliphatic rings. The molecule has 2 rings (SSSR count). The summed E-state index contributed by atoms with van der Waals surface area (Å²) in [6, 6.07) is 12.9. The van der Waals surface area contributed by atoms with Crippen LogP contribution in [0.1, 0.15) is 11.1 Å². The second kappa shape index (κ2) is 5.11. The summed E-state index contributed by atoms with van der Waals surface area (Å²) in [6.07, 6.45) is 0. The molecule has 0 atom stereocenters. The van der Waals surface area contributed by atoms with Gasteiger partial charge in [0.15, 0.2) is 0 Å². The smallest absolute Gasteiger partial charge is 0.134 e. The fourth-order valence-electron chi connectivity index (χ4n) is 1.51. The predicted molar refractivity (Wildman–Crippen MR) is 68.6 cm³/mol. The van der Waals surface area contributed by atoms with E-state index in [1.54, 1.807) is 18.2 Å². The van der Waals surface area contributed by atoms with Crippen LogP contribution in [0.5, 0.6) is 11.5 Å². The molecule has 2 nitrogen and oxygen atoms in total. The van der Waals surface area contributed by atoms with E-state index in [0.717, 1.165) is 16.9 Å². The van der Waals surface area contributed by atoms with Crippen molar-refractivity contribution in [3.8, 4) is 11.5 Å². The van der Waals surface area contributed by atoms with E-state index < -0.39 is 0 Å². The highest BCUT2D eigenvalue weighted by Crippen LogP contribution is 2.24. The van der Waals surface area contributed by atoms with Crippen LogP contribution in [-0.4, -0.2) is 5.11 Å². The first-order chi connectivity index (χ1) is 8.15. The van der Waals surface area contributed by atoms with Crippen molar-refractivity contribution in [1.29, 1.82) is 0 Å². The molecular formula is C14H13ClO2. The van der Waals surface area contributed by atoms with Gasteiger partial charge in [0.2, 0.25) is 0 Å². The van der Waals surface area contributed by atoms with E-state index in [0.29, 0.717) is 11.6 Å². The molecule has 0 heterocycles. The molecule has 2 aromatic carbocycles. The predicted octanol–water partition coefficient (Wildman–Crippen LogP) is 3.93. The van der Waals surface area contributed by atoms with Gasteiger partial charge in [-0.3, -0.25) is 0 Å². The van der Waals surface area contributed by atoms with Crippen LogP contribution in [0.15, 0.2) is 42.5 Å². The standard InChI is InChI=1S/C14H13ClO2/c1-10-3-2-4-12(7-10)17-9-11-5-6-14(16)13(15)8-11/h2-8,16H,9H2,1H3. The Hall–Kier alpha value is -1.67. The Kier molecular flexibility index (Phi) is 3.55. The maximum absolute atomic E-state index is 9.29. The number of aromatic hydroxyl groups is 1. The highest BCUT2D eigenvalue weighted by atomic mass is 35.5. The molecule has 0 aliphatic heterocycles. The monoisotopic (exact) mass is 248 g/mol. The highest BCUT2D eigenvalue weighted by Gasteiger charge is 2.01. The second-order valence-electron chi connectivity index (χ2n) is 3.89. The van der Waals surface area contributed by atoms with Gasteiger partial charge in [0.1, 0.15) is 18.1 Å². The number of benzene rings is 2. The third kappa shape index (κ3) is 3.14. The maximum atomic E-state index is 9.29. The molecule has 0 aliphatic carbocycles. The Bertz CT molecular complexity index is 523. The van der Waals surface area contributed by atoms with Crippen molar-refractivity contribution < 1.29 is 9.84 Å². The molecule has 0 fully saturated rings. The van der Waals surface area contributed by atoms with Gasteiger partial charge in [0.25, 0.3) is 0 Å². The topological polar surface area (TPSA) is 29.5 Å². The molecule has 0 amide bonds. The van der Waals surface area contributed by atoms with E-state index in [2.05, 4.69) is 0 Å². The minimum Gasteiger partial charge on any atom is -0.506 e. The normalized spacial score (nSPS) is 10.2. The van der Waals surface area contributed by atoms with Crippen molar-refractivity contribution >= 4 is 11.6 Å². The summed E-state index contributed by atoms with van der Waals surface area (Å²) in [7, 11) is 0. The number of halogens is 1. The molecule has 0 saturated carbocycles. The van der Waals surface area contributed by atoms with E-state index in [9.17, 15) is 5.11 Å². The fraction of sp³-hybridized carbons (Fsp3) is 0.143. The molecule has 0 spiro atoms. The molecule has 88 valence electrons. The largest absolute Gasteiger partial charge is 0.506 e. The Balaban J connectivity index is 2.05. The van der Waals surface area contributed by atoms with Crippen molar-refractivity contribution in [2.75, 3.05) is 0 Å². The van der Waals surface area contributed by atoms with E-state index in [1.807, 2.05) is 31.2 Å². The molecule has 0 unspecified atom stereocenters. The third-order valence-corrected chi connectivity index (χ3v) is 2.71. The number of hydrogen-bond donors (Lipinski definition) is 1. The van der Waals surface area contributed by atoms with Crippen LogP contribution in [0.2, 0.25) is 5.02 Å². The van der Waals surface area contributed by atoms with E-state index in [1.165, 1.54) is 0 Å². The zero-order chi connectivity index (χ0) is 12.3. The van der Waals surface area contributed by atoms with Gasteiger partial charge in [0, 0.05) is 0 Å². The summed E-state index contributed by atoms with van der Waals surface area (Å²) < 4.78 is 5.63. The quantitative estimate of drug-likeness (QED) is 0.892. The first-order valence-corrected chi connectivity index (χ1v) is 5.70. The molecule has 17 heavy (non-hydrogen) atoms. The van der Waals surface area contributed by atoms with Crippen LogP contribution in [0, 0.1) is 6.92 Å². The van der Waals surface area contributed by atoms with Crippen molar-refractivity contribution in [2.24, 2.45) is 0 Å². The number of ether oxygens (including phenoxy) is 1. The Labute approximate surface area is 105 Å². The minimum atomic E-state index is 0.0889. The van der Waals surface area contributed by atoms with Gasteiger partial charge in [-0.25, -0.2) is 0 Å². The summed E-state index contributed by atoms with van der Waals surface area (Å²) in [5, 5.41) is 9.64. The van der Waals surface area contributed by atoms with Crippen LogP contribution in [-0.2, 0) is 6.61 Å². The number of hydrogen-bond acceptors (Lipinski definition) is 2. The molecule has 0 saturated heterocycles. The van der Waals surface area contributed by atoms with Gasteiger partial charge in [-0.1, -0.05) is 29.8 Å². The number of phenols is 1. The van der Waals surface area contributed by atoms with Crippen LogP contribution >= 0.6 is 11.6 Å². The first-order valence-electron chi connectivity index (χ1n) is 5.32. The van der Waals surface area contributed by atoms with Crippen LogP contribution in [0.4, 0.5) is 0 Å². The van der Waals surface area contributed by atoms with Crippen LogP contribution in [0.25, 0.3) is 0 Å². The van der Waals surface area contributed by atoms with Crippen molar-refractivity contribution in [3.63, 3.8) is 0 Å². The molecule has 0 aromatic heterocycles. The van der Waals surface area contributed by atoms with Gasteiger partial charge in [-0.05, 0) is 42.3 Å². The molecule has 3 heteroatoms. The third-order valence-electron chi connectivity index (χ3n) is 2.41. The van der Waals surface area contributed by atoms with Gasteiger partial charge >= 0.3 is 0 Å². The molecule has 1 N–H and O–H groups in total. The number of phenolic OH excluding ortho intramolecular Hbond substituents is 1. The molecule has 0 bridgehead atoms. The lowest BCUT2D eigenvalue weighted by atomic mass is 10.2. The number of rotatable bonds is 3. The molecular weight excluding hydrogens is 236 g/mol. The van der Waals surface area contributed by atoms with Gasteiger partial charge in [-0.2, -0.15) is 0 Å². The van der Waals surface area contributed by atoms with E-state index in [4.69, 9.17) is 16.3 Å².